The maximum atomic E-state index is 13.2. The van der Waals surface area contributed by atoms with Crippen molar-refractivity contribution in [2.24, 2.45) is 11.8 Å². The van der Waals surface area contributed by atoms with Crippen molar-refractivity contribution in [1.29, 1.82) is 0 Å². The van der Waals surface area contributed by atoms with E-state index in [2.05, 4.69) is 41.5 Å². The smallest absolute Gasteiger partial charge is 0.462 e. The normalized spacial score (nSPS) is 14.1. The zero-order chi connectivity index (χ0) is 86.2. The molecule has 0 saturated carbocycles. The molecule has 0 aliphatic heterocycles. The fourth-order valence-electron chi connectivity index (χ4n) is 15.7. The van der Waals surface area contributed by atoms with Crippen molar-refractivity contribution in [3.8, 4) is 0 Å². The molecule has 0 aromatic rings. The van der Waals surface area contributed by atoms with Crippen molar-refractivity contribution in [3.63, 3.8) is 0 Å². The van der Waals surface area contributed by atoms with Gasteiger partial charge in [-0.1, -0.05) is 491 Å². The molecule has 0 aromatic heterocycles. The molecule has 0 bridgehead atoms. The molecule has 0 amide bonds. The summed E-state index contributed by atoms with van der Waals surface area (Å²) in [5.74, 6) is -0.441. The monoisotopic (exact) mass is 1720 g/mol. The first-order chi connectivity index (χ1) is 57.4. The number of hydrogen-bond acceptors (Lipinski definition) is 15. The van der Waals surface area contributed by atoms with Gasteiger partial charge >= 0.3 is 39.5 Å². The Labute approximate surface area is 728 Å². The minimum atomic E-state index is -4.98. The Kier molecular flexibility index (Phi) is 88.4. The molecule has 0 aliphatic carbocycles. The fraction of sp³-hybridized carbons (Fsp3) is 0.960. The zero-order valence-corrected chi connectivity index (χ0v) is 80.0. The molecule has 3 N–H and O–H groups in total. The fourth-order valence-corrected chi connectivity index (χ4v) is 17.2. The summed E-state index contributed by atoms with van der Waals surface area (Å²) < 4.78 is 69.3. The second kappa shape index (κ2) is 89.9. The number of carbonyl (C=O) groups is 4. The zero-order valence-electron chi connectivity index (χ0n) is 78.2. The summed E-state index contributed by atoms with van der Waals surface area (Å²) in [4.78, 5) is 73.7. The number of aliphatic hydroxyl groups is 1. The molecular formula is C99H194O17P2. The number of phosphoric acid groups is 2. The van der Waals surface area contributed by atoms with Crippen molar-refractivity contribution in [2.75, 3.05) is 39.6 Å². The first-order valence-electron chi connectivity index (χ1n) is 51.1. The van der Waals surface area contributed by atoms with Gasteiger partial charge in [-0.05, 0) is 37.5 Å². The summed E-state index contributed by atoms with van der Waals surface area (Å²) in [6.07, 6.45) is 87.8. The lowest BCUT2D eigenvalue weighted by molar-refractivity contribution is -0.161. The quantitative estimate of drug-likeness (QED) is 0.0222. The average molecular weight is 1720 g/mol. The predicted molar refractivity (Wildman–Crippen MR) is 492 cm³/mol. The van der Waals surface area contributed by atoms with Crippen molar-refractivity contribution in [2.45, 2.75) is 561 Å². The van der Waals surface area contributed by atoms with Gasteiger partial charge in [0.2, 0.25) is 0 Å². The maximum absolute atomic E-state index is 13.2. The van der Waals surface area contributed by atoms with Gasteiger partial charge in [-0.15, -0.1) is 0 Å². The molecule has 19 heteroatoms. The van der Waals surface area contributed by atoms with Crippen LogP contribution in [0.3, 0.4) is 0 Å². The third-order valence-corrected chi connectivity index (χ3v) is 26.1. The first-order valence-corrected chi connectivity index (χ1v) is 54.1. The van der Waals surface area contributed by atoms with Crippen LogP contribution in [0, 0.1) is 11.8 Å². The van der Waals surface area contributed by atoms with E-state index < -0.39 is 97.5 Å². The number of unbranched alkanes of at least 4 members (excludes halogenated alkanes) is 66. The number of ether oxygens (including phenoxy) is 4. The number of esters is 4. The van der Waals surface area contributed by atoms with Crippen molar-refractivity contribution in [3.05, 3.63) is 0 Å². The van der Waals surface area contributed by atoms with Gasteiger partial charge in [0.15, 0.2) is 12.2 Å². The van der Waals surface area contributed by atoms with Gasteiger partial charge in [0.05, 0.1) is 26.4 Å². The number of phosphoric ester groups is 2. The minimum absolute atomic E-state index is 0.109. The van der Waals surface area contributed by atoms with Crippen LogP contribution in [-0.2, 0) is 65.4 Å². The summed E-state index contributed by atoms with van der Waals surface area (Å²) in [5, 5.41) is 10.7. The van der Waals surface area contributed by atoms with Crippen LogP contribution in [-0.4, -0.2) is 96.7 Å². The van der Waals surface area contributed by atoms with Crippen LogP contribution < -0.4 is 0 Å². The van der Waals surface area contributed by atoms with Crippen LogP contribution in [0.5, 0.6) is 0 Å². The highest BCUT2D eigenvalue weighted by Gasteiger charge is 2.31. The lowest BCUT2D eigenvalue weighted by Crippen LogP contribution is -2.30. The number of hydrogen-bond donors (Lipinski definition) is 3. The third kappa shape index (κ3) is 88.9. The van der Waals surface area contributed by atoms with E-state index in [0.717, 1.165) is 102 Å². The molecule has 7 atom stereocenters. The summed E-state index contributed by atoms with van der Waals surface area (Å²) >= 11 is 0. The Morgan fingerprint density at radius 2 is 0.407 bits per heavy atom. The standard InChI is InChI=1S/C99H194O17P2/c1-7-11-13-15-17-19-21-23-25-27-29-31-33-35-40-44-48-52-56-63-69-75-81-96(101)109-87-94(115-98(103)83-77-72-66-58-54-50-46-42-38-37-39-43-47-51-55-61-67-73-79-91(5)9-3)89-113-117(105,106)111-85-93(100)86-112-118(107,108)114-90-95(88-110-97(102)82-76-70-64-60-59-62-68-74-80-92(6)10-4)116-99(104)84-78-71-65-57-53-49-45-41-36-34-32-30-28-26-24-22-20-18-16-14-12-8-2/h91-95,100H,7-90H2,1-6H3,(H,105,106)(H,107,108)/t91?,92?,93-,94-,95-/m1/s1. The van der Waals surface area contributed by atoms with E-state index in [9.17, 15) is 43.2 Å². The molecule has 702 valence electrons. The van der Waals surface area contributed by atoms with E-state index in [1.807, 2.05) is 0 Å². The molecule has 118 heavy (non-hydrogen) atoms. The van der Waals surface area contributed by atoms with E-state index in [4.69, 9.17) is 37.0 Å². The largest absolute Gasteiger partial charge is 0.472 e. The molecule has 0 aromatic carbocycles. The molecule has 0 radical (unpaired) electrons. The molecular weight excluding hydrogens is 1520 g/mol. The van der Waals surface area contributed by atoms with Gasteiger partial charge in [-0.2, -0.15) is 0 Å². The minimum Gasteiger partial charge on any atom is -0.462 e. The van der Waals surface area contributed by atoms with E-state index in [1.165, 1.54) is 360 Å². The number of aliphatic hydroxyl groups excluding tert-OH is 1. The maximum Gasteiger partial charge on any atom is 0.472 e. The summed E-state index contributed by atoms with van der Waals surface area (Å²) in [5.41, 5.74) is 0. The Bertz CT molecular complexity index is 2240. The number of rotatable bonds is 98. The molecule has 0 heterocycles. The van der Waals surface area contributed by atoms with Gasteiger partial charge < -0.3 is 33.8 Å². The molecule has 17 nitrogen and oxygen atoms in total. The van der Waals surface area contributed by atoms with Gasteiger partial charge in [-0.3, -0.25) is 37.3 Å². The Morgan fingerprint density at radius 1 is 0.237 bits per heavy atom. The van der Waals surface area contributed by atoms with Crippen LogP contribution in [0.25, 0.3) is 0 Å². The molecule has 0 rings (SSSR count). The SMILES string of the molecule is CCCCCCCCCCCCCCCCCCCCCCCCC(=O)OC[C@H](COP(=O)(O)OC[C@@H](O)COP(=O)(O)OC[C@@H](COC(=O)CCCCCCCCCCC(C)CC)OC(=O)CCCCCCCCCCCCCCCCCCCCCCCC)OC(=O)CCCCCCCCCCCCCCCCCCCCC(C)CC. The lowest BCUT2D eigenvalue weighted by atomic mass is 9.99. The predicted octanol–water partition coefficient (Wildman–Crippen LogP) is 31.3. The van der Waals surface area contributed by atoms with E-state index in [-0.39, 0.29) is 25.7 Å². The average Bonchev–Trinajstić information content (AvgIpc) is 0.898. The van der Waals surface area contributed by atoms with Crippen molar-refractivity contribution >= 4 is 39.5 Å². The molecule has 0 fully saturated rings. The Morgan fingerprint density at radius 3 is 0.602 bits per heavy atom. The van der Waals surface area contributed by atoms with Crippen molar-refractivity contribution in [1.82, 2.24) is 0 Å². The highest BCUT2D eigenvalue weighted by atomic mass is 31.2. The van der Waals surface area contributed by atoms with Crippen LogP contribution in [0.2, 0.25) is 0 Å². The molecule has 0 spiro atoms. The van der Waals surface area contributed by atoms with E-state index in [1.54, 1.807) is 0 Å². The second-order valence-electron chi connectivity index (χ2n) is 36.0. The Balaban J connectivity index is 5.23. The van der Waals surface area contributed by atoms with Gasteiger partial charge in [0.1, 0.15) is 19.3 Å². The molecule has 0 saturated heterocycles. The molecule has 4 unspecified atom stereocenters. The van der Waals surface area contributed by atoms with Crippen LogP contribution in [0.1, 0.15) is 542 Å². The Hall–Kier alpha value is -1.94. The van der Waals surface area contributed by atoms with Crippen LogP contribution in [0.15, 0.2) is 0 Å². The summed E-state index contributed by atoms with van der Waals surface area (Å²) in [7, 11) is -9.95. The number of carbonyl (C=O) groups excluding carboxylic acids is 4. The molecule has 0 aliphatic rings. The van der Waals surface area contributed by atoms with Crippen molar-refractivity contribution < 1.29 is 80.2 Å². The highest BCUT2D eigenvalue weighted by Crippen LogP contribution is 2.45. The van der Waals surface area contributed by atoms with E-state index in [0.29, 0.717) is 25.7 Å². The van der Waals surface area contributed by atoms with Crippen LogP contribution in [0.4, 0.5) is 0 Å². The topological polar surface area (TPSA) is 237 Å². The third-order valence-electron chi connectivity index (χ3n) is 24.2. The summed E-state index contributed by atoms with van der Waals surface area (Å²) in [6.45, 7) is 9.81. The van der Waals surface area contributed by atoms with Gasteiger partial charge in [-0.25, -0.2) is 9.13 Å². The highest BCUT2D eigenvalue weighted by molar-refractivity contribution is 7.47. The van der Waals surface area contributed by atoms with Crippen LogP contribution >= 0.6 is 15.6 Å². The lowest BCUT2D eigenvalue weighted by Gasteiger charge is -2.21. The second-order valence-corrected chi connectivity index (χ2v) is 38.9. The van der Waals surface area contributed by atoms with Gasteiger partial charge in [0, 0.05) is 25.7 Å². The van der Waals surface area contributed by atoms with E-state index >= 15 is 0 Å². The first kappa shape index (κ1) is 116. The van der Waals surface area contributed by atoms with Gasteiger partial charge in [0.25, 0.3) is 0 Å². The summed E-state index contributed by atoms with van der Waals surface area (Å²) in [6, 6.07) is 0.